The summed E-state index contributed by atoms with van der Waals surface area (Å²) in [5, 5.41) is 3.49. The SMILES string of the molecule is CSCCC(C)NC1=NCCCC1. The number of hydrogen-bond acceptors (Lipinski definition) is 3. The Labute approximate surface area is 85.6 Å². The van der Waals surface area contributed by atoms with Gasteiger partial charge < -0.3 is 5.32 Å². The molecule has 1 atom stereocenters. The molecule has 3 heteroatoms. The van der Waals surface area contributed by atoms with E-state index < -0.39 is 0 Å². The Morgan fingerprint density at radius 3 is 3.00 bits per heavy atom. The number of thioether (sulfide) groups is 1. The van der Waals surface area contributed by atoms with Crippen molar-refractivity contribution < 1.29 is 0 Å². The van der Waals surface area contributed by atoms with Crippen LogP contribution in [-0.4, -0.2) is 30.4 Å². The Morgan fingerprint density at radius 1 is 1.54 bits per heavy atom. The maximum Gasteiger partial charge on any atom is 0.0965 e. The van der Waals surface area contributed by atoms with E-state index in [4.69, 9.17) is 0 Å². The van der Waals surface area contributed by atoms with Gasteiger partial charge >= 0.3 is 0 Å². The summed E-state index contributed by atoms with van der Waals surface area (Å²) in [5.74, 6) is 2.47. The van der Waals surface area contributed by atoms with Crippen LogP contribution in [0.4, 0.5) is 0 Å². The molecular formula is C10H20N2S. The smallest absolute Gasteiger partial charge is 0.0965 e. The van der Waals surface area contributed by atoms with Gasteiger partial charge in [0.05, 0.1) is 5.84 Å². The second-order valence-electron chi connectivity index (χ2n) is 3.61. The van der Waals surface area contributed by atoms with Crippen molar-refractivity contribution in [2.45, 2.75) is 38.6 Å². The van der Waals surface area contributed by atoms with E-state index >= 15 is 0 Å². The molecule has 0 bridgehead atoms. The van der Waals surface area contributed by atoms with Crippen molar-refractivity contribution in [2.24, 2.45) is 4.99 Å². The lowest BCUT2D eigenvalue weighted by atomic mass is 10.1. The summed E-state index contributed by atoms with van der Waals surface area (Å²) in [6.07, 6.45) is 7.13. The first-order valence-corrected chi connectivity index (χ1v) is 6.51. The fourth-order valence-electron chi connectivity index (χ4n) is 1.47. The second-order valence-corrected chi connectivity index (χ2v) is 4.60. The summed E-state index contributed by atoms with van der Waals surface area (Å²) >= 11 is 1.91. The van der Waals surface area contributed by atoms with Crippen molar-refractivity contribution in [1.82, 2.24) is 5.32 Å². The van der Waals surface area contributed by atoms with E-state index in [1.807, 2.05) is 11.8 Å². The molecule has 1 aliphatic rings. The van der Waals surface area contributed by atoms with E-state index in [1.165, 1.54) is 30.9 Å². The number of hydrogen-bond donors (Lipinski definition) is 1. The number of rotatable bonds is 4. The van der Waals surface area contributed by atoms with E-state index in [0.717, 1.165) is 13.0 Å². The third-order valence-corrected chi connectivity index (χ3v) is 2.94. The average molecular weight is 200 g/mol. The minimum Gasteiger partial charge on any atom is -0.371 e. The number of nitrogens with one attached hydrogen (secondary N) is 1. The fourth-order valence-corrected chi connectivity index (χ4v) is 2.06. The zero-order valence-electron chi connectivity index (χ0n) is 8.68. The molecule has 1 heterocycles. The zero-order chi connectivity index (χ0) is 9.52. The maximum atomic E-state index is 4.48. The van der Waals surface area contributed by atoms with E-state index in [1.54, 1.807) is 0 Å². The van der Waals surface area contributed by atoms with Crippen LogP contribution in [0.15, 0.2) is 4.99 Å². The average Bonchev–Trinajstić information content (AvgIpc) is 2.16. The van der Waals surface area contributed by atoms with E-state index in [-0.39, 0.29) is 0 Å². The molecule has 0 aromatic rings. The molecule has 0 saturated heterocycles. The highest BCUT2D eigenvalue weighted by Crippen LogP contribution is 2.06. The molecule has 1 aliphatic heterocycles. The first-order valence-electron chi connectivity index (χ1n) is 5.11. The molecule has 1 N–H and O–H groups in total. The number of nitrogens with zero attached hydrogens (tertiary/aromatic N) is 1. The quantitative estimate of drug-likeness (QED) is 0.753. The van der Waals surface area contributed by atoms with Crippen molar-refractivity contribution in [3.63, 3.8) is 0 Å². The van der Waals surface area contributed by atoms with Gasteiger partial charge in [0.2, 0.25) is 0 Å². The van der Waals surface area contributed by atoms with Gasteiger partial charge in [0.25, 0.3) is 0 Å². The molecule has 1 rings (SSSR count). The molecule has 0 aromatic carbocycles. The van der Waals surface area contributed by atoms with Gasteiger partial charge in [0.15, 0.2) is 0 Å². The van der Waals surface area contributed by atoms with Crippen LogP contribution in [0.1, 0.15) is 32.6 Å². The van der Waals surface area contributed by atoms with Crippen LogP contribution in [-0.2, 0) is 0 Å². The molecular weight excluding hydrogens is 180 g/mol. The van der Waals surface area contributed by atoms with Crippen molar-refractivity contribution in [3.8, 4) is 0 Å². The molecule has 1 unspecified atom stereocenters. The van der Waals surface area contributed by atoms with Gasteiger partial charge in [-0.25, -0.2) is 0 Å². The van der Waals surface area contributed by atoms with Gasteiger partial charge in [0.1, 0.15) is 0 Å². The van der Waals surface area contributed by atoms with Crippen LogP contribution in [0.3, 0.4) is 0 Å². The van der Waals surface area contributed by atoms with Crippen molar-refractivity contribution in [3.05, 3.63) is 0 Å². The van der Waals surface area contributed by atoms with Crippen molar-refractivity contribution in [1.29, 1.82) is 0 Å². The molecule has 0 aromatic heterocycles. The highest BCUT2D eigenvalue weighted by atomic mass is 32.2. The Kier molecular flexibility index (Phi) is 5.28. The summed E-state index contributed by atoms with van der Waals surface area (Å²) in [6, 6.07) is 0.587. The first kappa shape index (κ1) is 10.9. The molecule has 0 radical (unpaired) electrons. The summed E-state index contributed by atoms with van der Waals surface area (Å²) in [5.41, 5.74) is 0. The van der Waals surface area contributed by atoms with Crippen molar-refractivity contribution >= 4 is 17.6 Å². The van der Waals surface area contributed by atoms with Gasteiger partial charge in [-0.05, 0) is 38.2 Å². The lowest BCUT2D eigenvalue weighted by Crippen LogP contribution is -2.34. The van der Waals surface area contributed by atoms with Crippen LogP contribution in [0.5, 0.6) is 0 Å². The minimum atomic E-state index is 0.587. The molecule has 76 valence electrons. The third kappa shape index (κ3) is 4.55. The lowest BCUT2D eigenvalue weighted by Gasteiger charge is -2.19. The second kappa shape index (κ2) is 6.30. The van der Waals surface area contributed by atoms with Gasteiger partial charge in [-0.1, -0.05) is 0 Å². The van der Waals surface area contributed by atoms with Crippen LogP contribution in [0.25, 0.3) is 0 Å². The maximum absolute atomic E-state index is 4.48. The van der Waals surface area contributed by atoms with Crippen LogP contribution < -0.4 is 5.32 Å². The number of aliphatic imine (C=N–C) groups is 1. The predicted octanol–water partition coefficient (Wildman–Crippen LogP) is 2.30. The molecule has 0 saturated carbocycles. The van der Waals surface area contributed by atoms with Crippen molar-refractivity contribution in [2.75, 3.05) is 18.6 Å². The zero-order valence-corrected chi connectivity index (χ0v) is 9.49. The van der Waals surface area contributed by atoms with Gasteiger partial charge in [-0.15, -0.1) is 0 Å². The van der Waals surface area contributed by atoms with Crippen LogP contribution in [0.2, 0.25) is 0 Å². The largest absolute Gasteiger partial charge is 0.371 e. The summed E-state index contributed by atoms with van der Waals surface area (Å²) in [7, 11) is 0. The normalized spacial score (nSPS) is 19.4. The van der Waals surface area contributed by atoms with E-state index in [0.29, 0.717) is 6.04 Å². The summed E-state index contributed by atoms with van der Waals surface area (Å²) in [6.45, 7) is 3.27. The Balaban J connectivity index is 2.18. The summed E-state index contributed by atoms with van der Waals surface area (Å²) in [4.78, 5) is 4.48. The summed E-state index contributed by atoms with van der Waals surface area (Å²) < 4.78 is 0. The van der Waals surface area contributed by atoms with Crippen LogP contribution >= 0.6 is 11.8 Å². The molecule has 13 heavy (non-hydrogen) atoms. The van der Waals surface area contributed by atoms with E-state index in [2.05, 4.69) is 23.5 Å². The Bertz CT molecular complexity index is 168. The topological polar surface area (TPSA) is 24.4 Å². The van der Waals surface area contributed by atoms with E-state index in [9.17, 15) is 0 Å². The Hall–Kier alpha value is -0.180. The van der Waals surface area contributed by atoms with Gasteiger partial charge in [0, 0.05) is 19.0 Å². The standard InChI is InChI=1S/C10H20N2S/c1-9(6-8-13-2)12-10-5-3-4-7-11-10/h9H,3-8H2,1-2H3,(H,11,12). The molecule has 2 nitrogen and oxygen atoms in total. The minimum absolute atomic E-state index is 0.587. The highest BCUT2D eigenvalue weighted by molar-refractivity contribution is 7.98. The number of amidine groups is 1. The molecule has 0 amide bonds. The lowest BCUT2D eigenvalue weighted by molar-refractivity contribution is 0.617. The van der Waals surface area contributed by atoms with Crippen LogP contribution in [0, 0.1) is 0 Å². The fraction of sp³-hybridized carbons (Fsp3) is 0.900. The van der Waals surface area contributed by atoms with Gasteiger partial charge in [-0.3, -0.25) is 4.99 Å². The highest BCUT2D eigenvalue weighted by Gasteiger charge is 2.07. The first-order chi connectivity index (χ1) is 6.33. The van der Waals surface area contributed by atoms with Gasteiger partial charge in [-0.2, -0.15) is 11.8 Å². The molecule has 0 fully saturated rings. The molecule has 0 spiro atoms. The monoisotopic (exact) mass is 200 g/mol. The molecule has 0 aliphatic carbocycles. The Morgan fingerprint density at radius 2 is 2.38 bits per heavy atom. The predicted molar refractivity (Wildman–Crippen MR) is 61.7 cm³/mol. The third-order valence-electron chi connectivity index (χ3n) is 2.29.